The van der Waals surface area contributed by atoms with Gasteiger partial charge in [-0.1, -0.05) is 5.01 Å². The molecule has 1 fully saturated rings. The quantitative estimate of drug-likeness (QED) is 0.344. The van der Waals surface area contributed by atoms with Gasteiger partial charge in [0.25, 0.3) is 0 Å². The van der Waals surface area contributed by atoms with E-state index in [0.29, 0.717) is 4.32 Å². The van der Waals surface area contributed by atoms with Gasteiger partial charge in [-0.05, 0) is 24.2 Å². The molecule has 0 amide bonds. The Morgan fingerprint density at radius 3 is 2.60 bits per heavy atom. The van der Waals surface area contributed by atoms with Crippen LogP contribution in [0.5, 0.6) is 0 Å². The molecule has 1 saturated heterocycles. The molecule has 0 bridgehead atoms. The fraction of sp³-hybridized carbons (Fsp3) is 0.800. The normalized spacial score (nSPS) is 19.3. The molecule has 0 aromatic rings. The third-order valence-corrected chi connectivity index (χ3v) is 2.15. The number of hydrazine groups is 1. The molecule has 1 aliphatic rings. The van der Waals surface area contributed by atoms with Gasteiger partial charge in [0, 0.05) is 12.8 Å². The van der Waals surface area contributed by atoms with Gasteiger partial charge < -0.3 is 0 Å². The van der Waals surface area contributed by atoms with Crippen molar-refractivity contribution in [3.8, 4) is 0 Å². The molecular weight excluding hydrogens is 166 g/mol. The molecule has 0 aromatic heterocycles. The maximum Gasteiger partial charge on any atom is 0.202 e. The third-order valence-electron chi connectivity index (χ3n) is 1.46. The largest absolute Gasteiger partial charge is 0.271 e. The number of thiocarbonyl (C=S) groups is 1. The van der Waals surface area contributed by atoms with E-state index in [4.69, 9.17) is 17.4 Å². The predicted molar refractivity (Wildman–Crippen MR) is 48.6 cm³/mol. The van der Waals surface area contributed by atoms with Crippen LogP contribution in [-0.2, 0) is 0 Å². The molecule has 0 spiro atoms. The van der Waals surface area contributed by atoms with Crippen molar-refractivity contribution in [2.24, 2.45) is 5.14 Å². The van der Waals surface area contributed by atoms with Gasteiger partial charge in [0.15, 0.2) is 13.1 Å². The molecule has 10 heavy (non-hydrogen) atoms. The average molecular weight is 177 g/mol. The van der Waals surface area contributed by atoms with Crippen molar-refractivity contribution in [2.75, 3.05) is 13.1 Å². The fourth-order valence-electron chi connectivity index (χ4n) is 0.984. The lowest BCUT2D eigenvalue weighted by Gasteiger charge is -2.04. The smallest absolute Gasteiger partial charge is 0.202 e. The second-order valence-electron chi connectivity index (χ2n) is 2.21. The van der Waals surface area contributed by atoms with E-state index in [0.717, 1.165) is 25.0 Å². The van der Waals surface area contributed by atoms with Crippen LogP contribution in [0.2, 0.25) is 0 Å². The standard InChI is InChI=1S/C5H11N3S2/c6-10-5(9)7-8-3-1-2-4-8/h1-4,6H2,(H,7,9)/q+1. The molecule has 0 saturated carbocycles. The lowest BCUT2D eigenvalue weighted by Crippen LogP contribution is -2.43. The second-order valence-corrected chi connectivity index (χ2v) is 3.52. The van der Waals surface area contributed by atoms with Crippen LogP contribution in [0.1, 0.15) is 12.8 Å². The summed E-state index contributed by atoms with van der Waals surface area (Å²) in [6.07, 6.45) is 2.51. The first kappa shape index (κ1) is 8.26. The molecule has 3 N–H and O–H groups in total. The summed E-state index contributed by atoms with van der Waals surface area (Å²) in [5, 5.41) is 7.34. The van der Waals surface area contributed by atoms with Crippen molar-refractivity contribution < 1.29 is 0 Å². The van der Waals surface area contributed by atoms with E-state index in [1.807, 2.05) is 0 Å². The highest BCUT2D eigenvalue weighted by Crippen LogP contribution is 2.02. The Morgan fingerprint density at radius 2 is 2.10 bits per heavy atom. The van der Waals surface area contributed by atoms with Crippen LogP contribution in [0.25, 0.3) is 0 Å². The summed E-state index contributed by atoms with van der Waals surface area (Å²) < 4.78 is 0.655. The molecule has 3 nitrogen and oxygen atoms in total. The molecule has 0 aromatic carbocycles. The molecule has 5 heteroatoms. The Bertz CT molecular complexity index is 122. The Labute approximate surface area is 70.4 Å². The van der Waals surface area contributed by atoms with E-state index in [2.05, 4.69) is 10.4 Å². The zero-order valence-electron chi connectivity index (χ0n) is 5.67. The molecule has 57 valence electrons. The van der Waals surface area contributed by atoms with Crippen LogP contribution in [0.4, 0.5) is 0 Å². The SMILES string of the molecule is NSC(=S)N[N+]1CCCC1. The molecule has 1 aliphatic heterocycles. The van der Waals surface area contributed by atoms with E-state index in [-0.39, 0.29) is 0 Å². The maximum atomic E-state index is 5.24. The summed E-state index contributed by atoms with van der Waals surface area (Å²) >= 11 is 5.97. The molecule has 0 unspecified atom stereocenters. The van der Waals surface area contributed by atoms with Crippen LogP contribution in [0.15, 0.2) is 0 Å². The molecule has 1 heterocycles. The molecular formula is C5H11N3S2+. The van der Waals surface area contributed by atoms with Crippen molar-refractivity contribution in [3.05, 3.63) is 0 Å². The highest BCUT2D eigenvalue weighted by molar-refractivity contribution is 8.21. The Kier molecular flexibility index (Phi) is 3.41. The van der Waals surface area contributed by atoms with Gasteiger partial charge in [-0.15, -0.1) is 0 Å². The Balaban J connectivity index is 2.17. The first-order chi connectivity index (χ1) is 4.83. The first-order valence-electron chi connectivity index (χ1n) is 3.25. The van der Waals surface area contributed by atoms with Crippen LogP contribution in [0.3, 0.4) is 0 Å². The maximum absolute atomic E-state index is 5.24. The lowest BCUT2D eigenvalue weighted by atomic mass is 10.4. The van der Waals surface area contributed by atoms with Crippen LogP contribution in [-0.4, -0.2) is 17.4 Å². The number of hydrogen-bond acceptors (Lipinski definition) is 4. The Morgan fingerprint density at radius 1 is 1.50 bits per heavy atom. The third kappa shape index (κ3) is 2.42. The topological polar surface area (TPSA) is 44.0 Å². The van der Waals surface area contributed by atoms with Gasteiger partial charge in [-0.25, -0.2) is 0 Å². The van der Waals surface area contributed by atoms with Crippen molar-refractivity contribution in [1.29, 1.82) is 0 Å². The summed E-state index contributed by atoms with van der Waals surface area (Å²) in [5.74, 6) is 0. The van der Waals surface area contributed by atoms with Crippen molar-refractivity contribution in [1.82, 2.24) is 10.4 Å². The van der Waals surface area contributed by atoms with E-state index in [1.54, 1.807) is 0 Å². The van der Waals surface area contributed by atoms with Crippen LogP contribution in [0, 0.1) is 0 Å². The van der Waals surface area contributed by atoms with E-state index >= 15 is 0 Å². The summed E-state index contributed by atoms with van der Waals surface area (Å²) in [6, 6.07) is 0. The first-order valence-corrected chi connectivity index (χ1v) is 4.54. The zero-order valence-corrected chi connectivity index (χ0v) is 7.30. The fourth-order valence-corrected chi connectivity index (χ4v) is 1.30. The Hall–Kier alpha value is 0.160. The highest BCUT2D eigenvalue weighted by atomic mass is 32.2. The minimum Gasteiger partial charge on any atom is -0.271 e. The highest BCUT2D eigenvalue weighted by Gasteiger charge is 2.22. The van der Waals surface area contributed by atoms with E-state index < -0.39 is 0 Å². The second kappa shape index (κ2) is 4.12. The molecule has 0 aliphatic carbocycles. The van der Waals surface area contributed by atoms with Gasteiger partial charge in [0.2, 0.25) is 4.32 Å². The molecule has 1 rings (SSSR count). The van der Waals surface area contributed by atoms with Gasteiger partial charge in [0.1, 0.15) is 0 Å². The van der Waals surface area contributed by atoms with Gasteiger partial charge in [-0.3, -0.25) is 5.14 Å². The van der Waals surface area contributed by atoms with Crippen molar-refractivity contribution >= 4 is 28.5 Å². The summed E-state index contributed by atoms with van der Waals surface area (Å²) in [5.41, 5.74) is 3.03. The lowest BCUT2D eigenvalue weighted by molar-refractivity contribution is 0.452. The summed E-state index contributed by atoms with van der Waals surface area (Å²) in [4.78, 5) is 0. The van der Waals surface area contributed by atoms with Gasteiger partial charge in [-0.2, -0.15) is 5.43 Å². The number of nitrogens with two attached hydrogens (primary N) is 1. The minimum absolute atomic E-state index is 0.655. The van der Waals surface area contributed by atoms with Gasteiger partial charge >= 0.3 is 0 Å². The van der Waals surface area contributed by atoms with E-state index in [9.17, 15) is 0 Å². The molecule has 1 radical (unpaired) electrons. The van der Waals surface area contributed by atoms with Crippen molar-refractivity contribution in [2.45, 2.75) is 12.8 Å². The number of rotatable bonds is 1. The molecule has 0 atom stereocenters. The summed E-state index contributed by atoms with van der Waals surface area (Å²) in [6.45, 7) is 2.17. The van der Waals surface area contributed by atoms with Crippen LogP contribution >= 0.6 is 24.2 Å². The van der Waals surface area contributed by atoms with Gasteiger partial charge in [0.05, 0.1) is 0 Å². The minimum atomic E-state index is 0.655. The van der Waals surface area contributed by atoms with Crippen molar-refractivity contribution in [3.63, 3.8) is 0 Å². The number of nitrogens with zero attached hydrogens (tertiary/aromatic N) is 1. The van der Waals surface area contributed by atoms with E-state index in [1.165, 1.54) is 12.8 Å². The monoisotopic (exact) mass is 177 g/mol. The number of nitrogens with one attached hydrogen (secondary N) is 1. The average Bonchev–Trinajstić information content (AvgIpc) is 2.40. The summed E-state index contributed by atoms with van der Waals surface area (Å²) in [7, 11) is 0. The van der Waals surface area contributed by atoms with Crippen LogP contribution < -0.4 is 15.6 Å². The number of hydrogen-bond donors (Lipinski definition) is 2. The zero-order chi connectivity index (χ0) is 7.40. The predicted octanol–water partition coefficient (Wildman–Crippen LogP) is 0.317.